The van der Waals surface area contributed by atoms with Crippen LogP contribution in [0.25, 0.3) is 0 Å². The normalized spacial score (nSPS) is 12.7. The molecule has 0 aliphatic rings. The van der Waals surface area contributed by atoms with Gasteiger partial charge in [-0.2, -0.15) is 5.10 Å². The van der Waals surface area contributed by atoms with Crippen molar-refractivity contribution >= 4 is 29.1 Å². The molecule has 0 aliphatic carbocycles. The van der Waals surface area contributed by atoms with Crippen LogP contribution in [0.1, 0.15) is 44.0 Å². The van der Waals surface area contributed by atoms with Crippen LogP contribution in [0, 0.1) is 0 Å². The summed E-state index contributed by atoms with van der Waals surface area (Å²) >= 11 is 5.81. The van der Waals surface area contributed by atoms with Crippen molar-refractivity contribution in [1.29, 1.82) is 0 Å². The molecular formula is C15H20ClN3O2. The van der Waals surface area contributed by atoms with Crippen molar-refractivity contribution in [2.45, 2.75) is 39.7 Å². The highest BCUT2D eigenvalue weighted by Gasteiger charge is 2.08. The zero-order valence-corrected chi connectivity index (χ0v) is 13.2. The summed E-state index contributed by atoms with van der Waals surface area (Å²) in [4.78, 5) is 23.5. The summed E-state index contributed by atoms with van der Waals surface area (Å²) in [6.45, 7) is 5.62. The van der Waals surface area contributed by atoms with E-state index in [1.54, 1.807) is 31.2 Å². The Morgan fingerprint density at radius 2 is 2.10 bits per heavy atom. The molecule has 0 saturated heterocycles. The molecule has 1 unspecified atom stereocenters. The molecule has 0 fully saturated rings. The second-order valence-electron chi connectivity index (χ2n) is 4.85. The summed E-state index contributed by atoms with van der Waals surface area (Å²) in [5.41, 5.74) is 3.36. The Morgan fingerprint density at radius 3 is 2.71 bits per heavy atom. The minimum atomic E-state index is -0.362. The van der Waals surface area contributed by atoms with Gasteiger partial charge in [-0.3, -0.25) is 9.59 Å². The van der Waals surface area contributed by atoms with E-state index in [9.17, 15) is 9.59 Å². The first-order valence-electron chi connectivity index (χ1n) is 6.80. The molecule has 0 radical (unpaired) electrons. The number of carbonyl (C=O) groups is 2. The smallest absolute Gasteiger partial charge is 0.271 e. The molecule has 1 rings (SSSR count). The second kappa shape index (κ2) is 8.42. The zero-order valence-electron chi connectivity index (χ0n) is 12.4. The van der Waals surface area contributed by atoms with E-state index < -0.39 is 0 Å². The van der Waals surface area contributed by atoms with Gasteiger partial charge in [0.15, 0.2) is 0 Å². The van der Waals surface area contributed by atoms with Gasteiger partial charge >= 0.3 is 0 Å². The topological polar surface area (TPSA) is 70.6 Å². The number of nitrogens with zero attached hydrogens (tertiary/aromatic N) is 1. The van der Waals surface area contributed by atoms with Gasteiger partial charge in [-0.05, 0) is 38.5 Å². The van der Waals surface area contributed by atoms with Gasteiger partial charge in [-0.15, -0.1) is 0 Å². The molecule has 1 aromatic carbocycles. The first-order chi connectivity index (χ1) is 9.92. The Bertz CT molecular complexity index is 543. The van der Waals surface area contributed by atoms with Gasteiger partial charge in [-0.1, -0.05) is 24.6 Å². The Morgan fingerprint density at radius 1 is 1.38 bits per heavy atom. The van der Waals surface area contributed by atoms with Crippen molar-refractivity contribution in [3.05, 3.63) is 34.9 Å². The Labute approximate surface area is 129 Å². The van der Waals surface area contributed by atoms with Crippen LogP contribution in [0.4, 0.5) is 0 Å². The van der Waals surface area contributed by atoms with Crippen LogP contribution in [-0.4, -0.2) is 23.6 Å². The Hall–Kier alpha value is -1.88. The highest BCUT2D eigenvalue weighted by molar-refractivity contribution is 6.30. The average Bonchev–Trinajstić information content (AvgIpc) is 2.44. The maximum Gasteiger partial charge on any atom is 0.271 e. The Balaban J connectivity index is 2.52. The van der Waals surface area contributed by atoms with Crippen molar-refractivity contribution < 1.29 is 9.59 Å². The molecule has 114 valence electrons. The van der Waals surface area contributed by atoms with Gasteiger partial charge in [0, 0.05) is 22.3 Å². The van der Waals surface area contributed by atoms with Crippen molar-refractivity contribution in [1.82, 2.24) is 10.7 Å². The fourth-order valence-corrected chi connectivity index (χ4v) is 1.73. The van der Waals surface area contributed by atoms with E-state index in [-0.39, 0.29) is 24.3 Å². The van der Waals surface area contributed by atoms with E-state index in [0.717, 1.165) is 6.42 Å². The maximum absolute atomic E-state index is 11.8. The summed E-state index contributed by atoms with van der Waals surface area (Å²) in [5.74, 6) is -0.471. The number of hydrazone groups is 1. The molecule has 0 aromatic heterocycles. The lowest BCUT2D eigenvalue weighted by atomic mass is 10.2. The van der Waals surface area contributed by atoms with E-state index in [0.29, 0.717) is 16.3 Å². The summed E-state index contributed by atoms with van der Waals surface area (Å²) in [5, 5.41) is 7.24. The zero-order chi connectivity index (χ0) is 15.8. The molecule has 0 saturated carbocycles. The molecule has 5 nitrogen and oxygen atoms in total. The van der Waals surface area contributed by atoms with E-state index in [2.05, 4.69) is 15.8 Å². The molecule has 1 atom stereocenters. The summed E-state index contributed by atoms with van der Waals surface area (Å²) in [7, 11) is 0. The molecule has 2 amide bonds. The molecule has 0 spiro atoms. The third-order valence-electron chi connectivity index (χ3n) is 2.87. The molecule has 2 N–H and O–H groups in total. The lowest BCUT2D eigenvalue weighted by molar-refractivity contribution is -0.120. The molecule has 0 aliphatic heterocycles. The summed E-state index contributed by atoms with van der Waals surface area (Å²) < 4.78 is 0. The number of amides is 2. The maximum atomic E-state index is 11.8. The van der Waals surface area contributed by atoms with Crippen LogP contribution in [0.2, 0.25) is 5.02 Å². The number of nitrogens with one attached hydrogen (secondary N) is 2. The first-order valence-corrected chi connectivity index (χ1v) is 7.18. The number of hydrogen-bond donors (Lipinski definition) is 2. The highest BCUT2D eigenvalue weighted by atomic mass is 35.5. The van der Waals surface area contributed by atoms with Crippen LogP contribution in [0.3, 0.4) is 0 Å². The number of benzene rings is 1. The van der Waals surface area contributed by atoms with Gasteiger partial charge in [-0.25, -0.2) is 5.43 Å². The number of carbonyl (C=O) groups excluding carboxylic acids is 2. The van der Waals surface area contributed by atoms with Crippen molar-refractivity contribution in [2.24, 2.45) is 5.10 Å². The monoisotopic (exact) mass is 309 g/mol. The van der Waals surface area contributed by atoms with Crippen LogP contribution >= 0.6 is 11.6 Å². The van der Waals surface area contributed by atoms with E-state index in [1.165, 1.54) is 0 Å². The van der Waals surface area contributed by atoms with Crippen LogP contribution in [0.5, 0.6) is 0 Å². The van der Waals surface area contributed by atoms with Gasteiger partial charge in [0.1, 0.15) is 0 Å². The third kappa shape index (κ3) is 6.40. The van der Waals surface area contributed by atoms with Crippen molar-refractivity contribution in [3.8, 4) is 0 Å². The molecule has 6 heteroatoms. The molecule has 21 heavy (non-hydrogen) atoms. The van der Waals surface area contributed by atoms with Crippen LogP contribution in [0.15, 0.2) is 29.4 Å². The van der Waals surface area contributed by atoms with E-state index >= 15 is 0 Å². The summed E-state index contributed by atoms with van der Waals surface area (Å²) in [6.07, 6.45) is 1.02. The largest absolute Gasteiger partial charge is 0.353 e. The predicted octanol–water partition coefficient (Wildman–Crippen LogP) is 2.75. The summed E-state index contributed by atoms with van der Waals surface area (Å²) in [6, 6.07) is 6.70. The van der Waals surface area contributed by atoms with Gasteiger partial charge in [0.25, 0.3) is 5.91 Å². The number of halogens is 1. The lowest BCUT2D eigenvalue weighted by Crippen LogP contribution is -2.33. The SMILES string of the molecule is CCC(C)NC(=O)CC(C)=NNC(=O)c1cccc(Cl)c1. The number of hydrogen-bond acceptors (Lipinski definition) is 3. The predicted molar refractivity (Wildman–Crippen MR) is 84.5 cm³/mol. The van der Waals surface area contributed by atoms with Gasteiger partial charge < -0.3 is 5.32 Å². The van der Waals surface area contributed by atoms with Crippen molar-refractivity contribution in [2.75, 3.05) is 0 Å². The van der Waals surface area contributed by atoms with Crippen molar-refractivity contribution in [3.63, 3.8) is 0 Å². The quantitative estimate of drug-likeness (QED) is 0.626. The molecular weight excluding hydrogens is 290 g/mol. The molecule has 0 heterocycles. The van der Waals surface area contributed by atoms with Crippen LogP contribution in [-0.2, 0) is 4.79 Å². The third-order valence-corrected chi connectivity index (χ3v) is 3.11. The van der Waals surface area contributed by atoms with E-state index in [4.69, 9.17) is 11.6 Å². The average molecular weight is 310 g/mol. The minimum Gasteiger partial charge on any atom is -0.353 e. The minimum absolute atomic E-state index is 0.109. The van der Waals surface area contributed by atoms with E-state index in [1.807, 2.05) is 13.8 Å². The fraction of sp³-hybridized carbons (Fsp3) is 0.400. The first kappa shape index (κ1) is 17.2. The Kier molecular flexibility index (Phi) is 6.88. The standard InChI is InChI=1S/C15H20ClN3O2/c1-4-10(2)17-14(20)8-11(3)18-19-15(21)12-6-5-7-13(16)9-12/h5-7,9-10H,4,8H2,1-3H3,(H,17,20)(H,19,21). The highest BCUT2D eigenvalue weighted by Crippen LogP contribution is 2.10. The lowest BCUT2D eigenvalue weighted by Gasteiger charge is -2.11. The second-order valence-corrected chi connectivity index (χ2v) is 5.29. The molecule has 0 bridgehead atoms. The van der Waals surface area contributed by atoms with Gasteiger partial charge in [0.2, 0.25) is 5.91 Å². The van der Waals surface area contributed by atoms with Crippen LogP contribution < -0.4 is 10.7 Å². The number of rotatable bonds is 6. The fourth-order valence-electron chi connectivity index (χ4n) is 1.54. The van der Waals surface area contributed by atoms with Gasteiger partial charge in [0.05, 0.1) is 6.42 Å². The molecule has 1 aromatic rings.